The van der Waals surface area contributed by atoms with Crippen LogP contribution in [0.25, 0.3) is 0 Å². The molecule has 1 unspecified atom stereocenters. The Bertz CT molecular complexity index is 303. The number of halogens is 1. The van der Waals surface area contributed by atoms with Crippen LogP contribution in [0.3, 0.4) is 0 Å². The largest absolute Gasteiger partial charge is 0.302 e. The van der Waals surface area contributed by atoms with Crippen LogP contribution in [-0.2, 0) is 6.54 Å². The van der Waals surface area contributed by atoms with E-state index in [2.05, 4.69) is 65.6 Å². The Labute approximate surface area is 106 Å². The molecule has 0 fully saturated rings. The van der Waals surface area contributed by atoms with Crippen molar-refractivity contribution in [3.63, 3.8) is 0 Å². The first-order valence-electron chi connectivity index (χ1n) is 5.16. The first-order chi connectivity index (χ1) is 7.13. The molecule has 0 aliphatic heterocycles. The van der Waals surface area contributed by atoms with Crippen LogP contribution in [0.2, 0.25) is 0 Å². The van der Waals surface area contributed by atoms with Gasteiger partial charge in [-0.3, -0.25) is 0 Å². The highest BCUT2D eigenvalue weighted by Crippen LogP contribution is 2.17. The fourth-order valence-corrected chi connectivity index (χ4v) is 2.10. The Morgan fingerprint density at radius 1 is 1.40 bits per heavy atom. The van der Waals surface area contributed by atoms with E-state index in [1.807, 2.05) is 6.07 Å². The second-order valence-electron chi connectivity index (χ2n) is 4.08. The van der Waals surface area contributed by atoms with Crippen LogP contribution in [0.5, 0.6) is 0 Å². The van der Waals surface area contributed by atoms with Crippen LogP contribution in [0, 0.1) is 5.92 Å². The number of nitrogens with zero attached hydrogens (tertiary/aromatic N) is 1. The number of hydrogen-bond donors (Lipinski definition) is 1. The lowest BCUT2D eigenvalue weighted by atomic mass is 10.2. The molecule has 0 N–H and O–H groups in total. The summed E-state index contributed by atoms with van der Waals surface area (Å²) in [6, 6.07) is 8.37. The van der Waals surface area contributed by atoms with Gasteiger partial charge in [-0.15, -0.1) is 0 Å². The summed E-state index contributed by atoms with van der Waals surface area (Å²) < 4.78 is 1.19. The molecule has 0 heterocycles. The van der Waals surface area contributed by atoms with E-state index in [-0.39, 0.29) is 0 Å². The van der Waals surface area contributed by atoms with E-state index in [9.17, 15) is 0 Å². The van der Waals surface area contributed by atoms with Gasteiger partial charge in [0.25, 0.3) is 0 Å². The zero-order valence-electron chi connectivity index (χ0n) is 9.28. The van der Waals surface area contributed by atoms with Gasteiger partial charge in [-0.2, -0.15) is 12.6 Å². The Morgan fingerprint density at radius 2 is 2.07 bits per heavy atom. The summed E-state index contributed by atoms with van der Waals surface area (Å²) in [6.07, 6.45) is 0. The Kier molecular flexibility index (Phi) is 5.72. The molecule has 84 valence electrons. The van der Waals surface area contributed by atoms with Gasteiger partial charge in [0.2, 0.25) is 0 Å². The lowest BCUT2D eigenvalue weighted by Gasteiger charge is -2.20. The molecule has 0 saturated heterocycles. The van der Waals surface area contributed by atoms with Crippen molar-refractivity contribution in [2.24, 2.45) is 5.92 Å². The van der Waals surface area contributed by atoms with Crippen molar-refractivity contribution in [3.05, 3.63) is 34.3 Å². The molecule has 0 bridgehead atoms. The van der Waals surface area contributed by atoms with Crippen molar-refractivity contribution < 1.29 is 0 Å². The first kappa shape index (κ1) is 13.1. The molecule has 1 aromatic carbocycles. The van der Waals surface area contributed by atoms with Gasteiger partial charge in [-0.25, -0.2) is 0 Å². The molecular formula is C12H18BrNS. The maximum atomic E-state index is 4.30. The molecule has 0 amide bonds. The van der Waals surface area contributed by atoms with Crippen molar-refractivity contribution in [2.45, 2.75) is 13.5 Å². The quantitative estimate of drug-likeness (QED) is 0.812. The molecule has 0 aromatic heterocycles. The van der Waals surface area contributed by atoms with Crippen LogP contribution in [0.4, 0.5) is 0 Å². The van der Waals surface area contributed by atoms with E-state index in [1.165, 1.54) is 10.0 Å². The van der Waals surface area contributed by atoms with E-state index in [4.69, 9.17) is 0 Å². The summed E-state index contributed by atoms with van der Waals surface area (Å²) in [4.78, 5) is 2.33. The smallest absolute Gasteiger partial charge is 0.0242 e. The average Bonchev–Trinajstić information content (AvgIpc) is 2.21. The van der Waals surface area contributed by atoms with Gasteiger partial charge in [0.05, 0.1) is 0 Å². The topological polar surface area (TPSA) is 3.24 Å². The molecule has 15 heavy (non-hydrogen) atoms. The second-order valence-corrected chi connectivity index (χ2v) is 5.30. The van der Waals surface area contributed by atoms with Crippen LogP contribution in [0.15, 0.2) is 28.7 Å². The minimum Gasteiger partial charge on any atom is -0.302 e. The predicted octanol–water partition coefficient (Wildman–Crippen LogP) is 3.45. The van der Waals surface area contributed by atoms with Crippen molar-refractivity contribution in [2.75, 3.05) is 19.3 Å². The molecular weight excluding hydrogens is 270 g/mol. The third-order valence-electron chi connectivity index (χ3n) is 2.33. The zero-order valence-corrected chi connectivity index (χ0v) is 11.8. The Morgan fingerprint density at radius 3 is 2.67 bits per heavy atom. The van der Waals surface area contributed by atoms with Gasteiger partial charge in [0.1, 0.15) is 0 Å². The predicted molar refractivity (Wildman–Crippen MR) is 73.5 cm³/mol. The fraction of sp³-hybridized carbons (Fsp3) is 0.500. The molecule has 1 rings (SSSR count). The van der Waals surface area contributed by atoms with Gasteiger partial charge >= 0.3 is 0 Å². The highest BCUT2D eigenvalue weighted by atomic mass is 79.9. The second kappa shape index (κ2) is 6.56. The SMILES string of the molecule is CC(CS)CN(C)Cc1ccccc1Br. The summed E-state index contributed by atoms with van der Waals surface area (Å²) in [7, 11) is 2.15. The van der Waals surface area contributed by atoms with E-state index in [1.54, 1.807) is 0 Å². The molecule has 0 saturated carbocycles. The summed E-state index contributed by atoms with van der Waals surface area (Å²) in [5, 5.41) is 0. The molecule has 3 heteroatoms. The minimum atomic E-state index is 0.640. The van der Waals surface area contributed by atoms with Crippen molar-refractivity contribution in [3.8, 4) is 0 Å². The minimum absolute atomic E-state index is 0.640. The molecule has 0 spiro atoms. The van der Waals surface area contributed by atoms with Gasteiger partial charge in [-0.1, -0.05) is 41.1 Å². The fourth-order valence-electron chi connectivity index (χ4n) is 1.57. The summed E-state index contributed by atoms with van der Waals surface area (Å²) >= 11 is 7.87. The van der Waals surface area contributed by atoms with Crippen LogP contribution in [0.1, 0.15) is 12.5 Å². The van der Waals surface area contributed by atoms with Crippen LogP contribution < -0.4 is 0 Å². The van der Waals surface area contributed by atoms with E-state index >= 15 is 0 Å². The third kappa shape index (κ3) is 4.58. The van der Waals surface area contributed by atoms with Gasteiger partial charge in [0, 0.05) is 17.6 Å². The molecule has 1 atom stereocenters. The third-order valence-corrected chi connectivity index (χ3v) is 3.73. The van der Waals surface area contributed by atoms with E-state index in [0.29, 0.717) is 5.92 Å². The summed E-state index contributed by atoms with van der Waals surface area (Å²) in [5.74, 6) is 1.58. The molecule has 0 aliphatic rings. The molecule has 0 radical (unpaired) electrons. The van der Waals surface area contributed by atoms with Gasteiger partial charge in [-0.05, 0) is 30.3 Å². The maximum Gasteiger partial charge on any atom is 0.0242 e. The number of thiol groups is 1. The van der Waals surface area contributed by atoms with E-state index < -0.39 is 0 Å². The Balaban J connectivity index is 2.51. The average molecular weight is 288 g/mol. The van der Waals surface area contributed by atoms with Gasteiger partial charge < -0.3 is 4.90 Å². The van der Waals surface area contributed by atoms with Crippen LogP contribution >= 0.6 is 28.6 Å². The van der Waals surface area contributed by atoms with Gasteiger partial charge in [0.15, 0.2) is 0 Å². The standard InChI is InChI=1S/C12H18BrNS/c1-10(9-15)7-14(2)8-11-5-3-4-6-12(11)13/h3-6,10,15H,7-9H2,1-2H3. The van der Waals surface area contributed by atoms with Crippen molar-refractivity contribution in [1.82, 2.24) is 4.90 Å². The van der Waals surface area contributed by atoms with Crippen molar-refractivity contribution in [1.29, 1.82) is 0 Å². The normalized spacial score (nSPS) is 13.1. The molecule has 1 nitrogen and oxygen atoms in total. The van der Waals surface area contributed by atoms with E-state index in [0.717, 1.165) is 18.8 Å². The van der Waals surface area contributed by atoms with Crippen LogP contribution in [-0.4, -0.2) is 24.2 Å². The highest BCUT2D eigenvalue weighted by molar-refractivity contribution is 9.10. The number of benzene rings is 1. The van der Waals surface area contributed by atoms with Crippen molar-refractivity contribution >= 4 is 28.6 Å². The maximum absolute atomic E-state index is 4.30. The monoisotopic (exact) mass is 287 g/mol. The zero-order chi connectivity index (χ0) is 11.3. The number of hydrogen-bond acceptors (Lipinski definition) is 2. The summed E-state index contributed by atoms with van der Waals surface area (Å²) in [6.45, 7) is 4.30. The highest BCUT2D eigenvalue weighted by Gasteiger charge is 2.06. The lowest BCUT2D eigenvalue weighted by molar-refractivity contribution is 0.290. The molecule has 1 aromatic rings. The first-order valence-corrected chi connectivity index (χ1v) is 6.59. The Hall–Kier alpha value is 0.01000. The molecule has 0 aliphatic carbocycles. The lowest BCUT2D eigenvalue weighted by Crippen LogP contribution is -2.24. The number of rotatable bonds is 5. The summed E-state index contributed by atoms with van der Waals surface area (Å²) in [5.41, 5.74) is 1.34.